The smallest absolute Gasteiger partial charge is 0.138 e. The molecule has 0 radical (unpaired) electrons. The summed E-state index contributed by atoms with van der Waals surface area (Å²) in [6, 6.07) is 5.00. The first kappa shape index (κ1) is 19.4. The van der Waals surface area contributed by atoms with Gasteiger partial charge in [0.05, 0.1) is 12.4 Å². The minimum absolute atomic E-state index is 0.450. The van der Waals surface area contributed by atoms with Crippen LogP contribution in [0.5, 0.6) is 11.5 Å². The molecule has 0 aliphatic carbocycles. The molecule has 2 N–H and O–H groups in total. The summed E-state index contributed by atoms with van der Waals surface area (Å²) in [5.74, 6) is 1.59. The molecule has 4 rings (SSSR count). The third kappa shape index (κ3) is 4.93. The Balaban J connectivity index is 1.36. The summed E-state index contributed by atoms with van der Waals surface area (Å²) in [5.41, 5.74) is 3.17. The van der Waals surface area contributed by atoms with Crippen LogP contribution in [0, 0.1) is 6.92 Å². The Hall–Kier alpha value is -1.89. The highest BCUT2D eigenvalue weighted by Crippen LogP contribution is 2.23. The minimum Gasteiger partial charge on any atom is -0.490 e. The van der Waals surface area contributed by atoms with E-state index in [0.29, 0.717) is 30.5 Å². The lowest BCUT2D eigenvalue weighted by atomic mass is 10.0. The van der Waals surface area contributed by atoms with Crippen LogP contribution in [0.15, 0.2) is 24.5 Å². The van der Waals surface area contributed by atoms with Gasteiger partial charge in [-0.2, -0.15) is 0 Å². The summed E-state index contributed by atoms with van der Waals surface area (Å²) in [6.07, 6.45) is 7.44. The Kier molecular flexibility index (Phi) is 6.29. The molecule has 2 fully saturated rings. The Morgan fingerprint density at radius 2 is 1.46 bits per heavy atom. The van der Waals surface area contributed by atoms with Gasteiger partial charge < -0.3 is 20.1 Å². The van der Waals surface area contributed by atoms with E-state index in [-0.39, 0.29) is 0 Å². The standard InChI is InChI=1S/C21H27ClN4O2/c1-14-15(8-19(10-25-14)27-12-17-4-6-23-17)2-3-16-9-20(11-26-21(16)22)28-13-18-5-7-24-18/h8-11,17-18,23-24H,2-7,12-13H2,1H3/t17?,18-/m0/s1. The van der Waals surface area contributed by atoms with Crippen LogP contribution in [0.1, 0.15) is 29.7 Å². The molecule has 2 aromatic rings. The fourth-order valence-electron chi connectivity index (χ4n) is 3.26. The fraction of sp³-hybridized carbons (Fsp3) is 0.524. The second kappa shape index (κ2) is 9.07. The minimum atomic E-state index is 0.450. The predicted molar refractivity (Wildman–Crippen MR) is 109 cm³/mol. The molecular formula is C21H27ClN4O2. The molecule has 0 aromatic carbocycles. The second-order valence-electron chi connectivity index (χ2n) is 7.54. The van der Waals surface area contributed by atoms with Gasteiger partial charge >= 0.3 is 0 Å². The number of halogens is 1. The second-order valence-corrected chi connectivity index (χ2v) is 7.90. The Bertz CT molecular complexity index is 741. The third-order valence-electron chi connectivity index (χ3n) is 5.47. The molecule has 7 heteroatoms. The van der Waals surface area contributed by atoms with Gasteiger partial charge in [-0.25, -0.2) is 4.98 Å². The zero-order chi connectivity index (χ0) is 19.3. The molecule has 0 saturated carbocycles. The van der Waals surface area contributed by atoms with Crippen molar-refractivity contribution in [3.8, 4) is 11.5 Å². The van der Waals surface area contributed by atoms with Crippen molar-refractivity contribution in [1.29, 1.82) is 0 Å². The summed E-state index contributed by atoms with van der Waals surface area (Å²) in [7, 11) is 0. The molecule has 0 amide bonds. The molecule has 1 unspecified atom stereocenters. The summed E-state index contributed by atoms with van der Waals surface area (Å²) in [4.78, 5) is 8.78. The summed E-state index contributed by atoms with van der Waals surface area (Å²) >= 11 is 6.32. The van der Waals surface area contributed by atoms with Crippen LogP contribution in [-0.4, -0.2) is 48.4 Å². The maximum Gasteiger partial charge on any atom is 0.138 e. The molecule has 2 aliphatic rings. The zero-order valence-corrected chi connectivity index (χ0v) is 17.0. The third-order valence-corrected chi connectivity index (χ3v) is 5.81. The maximum atomic E-state index is 6.32. The quantitative estimate of drug-likeness (QED) is 0.628. The van der Waals surface area contributed by atoms with E-state index in [1.807, 2.05) is 13.0 Å². The van der Waals surface area contributed by atoms with Gasteiger partial charge in [-0.3, -0.25) is 4.98 Å². The highest BCUT2D eigenvalue weighted by Gasteiger charge is 2.18. The maximum absolute atomic E-state index is 6.32. The van der Waals surface area contributed by atoms with Gasteiger partial charge in [0.1, 0.15) is 29.9 Å². The van der Waals surface area contributed by atoms with E-state index in [1.165, 1.54) is 12.0 Å². The van der Waals surface area contributed by atoms with Crippen LogP contribution in [0.3, 0.4) is 0 Å². The van der Waals surface area contributed by atoms with Gasteiger partial charge in [0, 0.05) is 17.8 Å². The Labute approximate surface area is 171 Å². The first-order valence-electron chi connectivity index (χ1n) is 9.99. The lowest BCUT2D eigenvalue weighted by molar-refractivity contribution is 0.216. The van der Waals surface area contributed by atoms with Gasteiger partial charge in [-0.1, -0.05) is 11.6 Å². The molecule has 6 nitrogen and oxygen atoms in total. The molecule has 0 spiro atoms. The van der Waals surface area contributed by atoms with Gasteiger partial charge in [0.25, 0.3) is 0 Å². The van der Waals surface area contributed by atoms with Crippen molar-refractivity contribution in [3.05, 3.63) is 46.5 Å². The molecule has 2 saturated heterocycles. The SMILES string of the molecule is Cc1ncc(OCC2CCN2)cc1CCc1cc(OC[C@@H]2CCN2)cnc1Cl. The number of nitrogens with zero attached hydrogens (tertiary/aromatic N) is 2. The van der Waals surface area contributed by atoms with E-state index >= 15 is 0 Å². The number of rotatable bonds is 9. The molecule has 0 bridgehead atoms. The average molecular weight is 403 g/mol. The van der Waals surface area contributed by atoms with Gasteiger partial charge in [0.15, 0.2) is 0 Å². The summed E-state index contributed by atoms with van der Waals surface area (Å²) in [6.45, 7) is 5.54. The fourth-order valence-corrected chi connectivity index (χ4v) is 3.46. The predicted octanol–water partition coefficient (Wildman–Crippen LogP) is 2.71. The van der Waals surface area contributed by atoms with Crippen LogP contribution in [-0.2, 0) is 12.8 Å². The summed E-state index contributed by atoms with van der Waals surface area (Å²) < 4.78 is 11.7. The number of hydrogen-bond donors (Lipinski definition) is 2. The van der Waals surface area contributed by atoms with Crippen LogP contribution in [0.2, 0.25) is 5.15 Å². The Morgan fingerprint density at radius 3 is 2.04 bits per heavy atom. The van der Waals surface area contributed by atoms with Crippen molar-refractivity contribution in [2.45, 2.75) is 44.7 Å². The normalized spacial score (nSPS) is 20.9. The number of pyridine rings is 2. The number of ether oxygens (including phenoxy) is 2. The van der Waals surface area contributed by atoms with Crippen LogP contribution < -0.4 is 20.1 Å². The number of hydrogen-bond acceptors (Lipinski definition) is 6. The summed E-state index contributed by atoms with van der Waals surface area (Å²) in [5, 5.41) is 7.20. The van der Waals surface area contributed by atoms with Crippen molar-refractivity contribution in [2.75, 3.05) is 26.3 Å². The van der Waals surface area contributed by atoms with Crippen molar-refractivity contribution < 1.29 is 9.47 Å². The number of aromatic nitrogens is 2. The van der Waals surface area contributed by atoms with Gasteiger partial charge in [0.2, 0.25) is 0 Å². The molecule has 2 aliphatic heterocycles. The monoisotopic (exact) mass is 402 g/mol. The lowest BCUT2D eigenvalue weighted by Crippen LogP contribution is -2.46. The van der Waals surface area contributed by atoms with Crippen molar-refractivity contribution in [1.82, 2.24) is 20.6 Å². The van der Waals surface area contributed by atoms with Gasteiger partial charge in [-0.05, 0) is 69.0 Å². The van der Waals surface area contributed by atoms with Crippen LogP contribution in [0.4, 0.5) is 0 Å². The van der Waals surface area contributed by atoms with E-state index in [0.717, 1.165) is 55.1 Å². The first-order valence-corrected chi connectivity index (χ1v) is 10.4. The van der Waals surface area contributed by atoms with Gasteiger partial charge in [-0.15, -0.1) is 0 Å². The zero-order valence-electron chi connectivity index (χ0n) is 16.2. The molecule has 150 valence electrons. The van der Waals surface area contributed by atoms with E-state index in [4.69, 9.17) is 21.1 Å². The molecule has 4 heterocycles. The highest BCUT2D eigenvalue weighted by molar-refractivity contribution is 6.30. The number of aryl methyl sites for hydroxylation is 3. The Morgan fingerprint density at radius 1 is 0.929 bits per heavy atom. The molecular weight excluding hydrogens is 376 g/mol. The highest BCUT2D eigenvalue weighted by atomic mass is 35.5. The van der Waals surface area contributed by atoms with E-state index in [1.54, 1.807) is 12.4 Å². The first-order chi connectivity index (χ1) is 13.7. The molecule has 28 heavy (non-hydrogen) atoms. The van der Waals surface area contributed by atoms with Crippen molar-refractivity contribution in [2.24, 2.45) is 0 Å². The van der Waals surface area contributed by atoms with Crippen molar-refractivity contribution in [3.63, 3.8) is 0 Å². The molecule has 2 aromatic heterocycles. The topological polar surface area (TPSA) is 68.3 Å². The molecule has 2 atom stereocenters. The van der Waals surface area contributed by atoms with E-state index < -0.39 is 0 Å². The lowest BCUT2D eigenvalue weighted by Gasteiger charge is -2.27. The number of nitrogens with one attached hydrogen (secondary N) is 2. The van der Waals surface area contributed by atoms with E-state index in [9.17, 15) is 0 Å². The van der Waals surface area contributed by atoms with E-state index in [2.05, 4.69) is 26.7 Å². The van der Waals surface area contributed by atoms with Crippen LogP contribution >= 0.6 is 11.6 Å². The van der Waals surface area contributed by atoms with Crippen molar-refractivity contribution >= 4 is 11.6 Å². The average Bonchev–Trinajstić information content (AvgIpc) is 2.61. The van der Waals surface area contributed by atoms with Crippen LogP contribution in [0.25, 0.3) is 0 Å². The largest absolute Gasteiger partial charge is 0.490 e.